The number of nitrogens with one attached hydrogen (secondary N) is 1. The van der Waals surface area contributed by atoms with E-state index in [9.17, 15) is 4.79 Å². The minimum absolute atomic E-state index is 0.0120. The van der Waals surface area contributed by atoms with Crippen LogP contribution in [0.15, 0.2) is 30.3 Å². The molecule has 1 amide bonds. The molecule has 0 bridgehead atoms. The average molecular weight is 316 g/mol. The standard InChI is InChI=1S/C16H16N2OS2/c1-10-9-12(11(2)20-10)16(19)17-8-7-15-18-13-5-3-4-6-14(13)21-15/h3-6,9H,7-8H2,1-2H3,(H,17,19). The van der Waals surface area contributed by atoms with E-state index in [2.05, 4.69) is 16.4 Å². The first-order valence-corrected chi connectivity index (χ1v) is 8.46. The maximum atomic E-state index is 12.1. The molecule has 5 heteroatoms. The zero-order valence-electron chi connectivity index (χ0n) is 12.0. The molecule has 0 aliphatic rings. The summed E-state index contributed by atoms with van der Waals surface area (Å²) in [6, 6.07) is 10.1. The third kappa shape index (κ3) is 3.14. The molecule has 2 heterocycles. The number of nitrogens with zero attached hydrogens (tertiary/aromatic N) is 1. The molecule has 0 radical (unpaired) electrons. The second kappa shape index (κ2) is 5.95. The van der Waals surface area contributed by atoms with E-state index < -0.39 is 0 Å². The van der Waals surface area contributed by atoms with Gasteiger partial charge in [-0.3, -0.25) is 4.79 Å². The average Bonchev–Trinajstić information content (AvgIpc) is 3.01. The van der Waals surface area contributed by atoms with E-state index in [0.29, 0.717) is 6.54 Å². The Bertz CT molecular complexity index is 756. The van der Waals surface area contributed by atoms with Gasteiger partial charge in [-0.2, -0.15) is 0 Å². The lowest BCUT2D eigenvalue weighted by molar-refractivity contribution is 0.0954. The van der Waals surface area contributed by atoms with Crippen molar-refractivity contribution in [2.75, 3.05) is 6.54 Å². The second-order valence-corrected chi connectivity index (χ2v) is 7.48. The molecule has 3 nitrogen and oxygen atoms in total. The summed E-state index contributed by atoms with van der Waals surface area (Å²) in [7, 11) is 0. The van der Waals surface area contributed by atoms with Crippen LogP contribution in [-0.2, 0) is 6.42 Å². The normalized spacial score (nSPS) is 11.0. The number of aromatic nitrogens is 1. The van der Waals surface area contributed by atoms with Crippen LogP contribution in [0.25, 0.3) is 10.2 Å². The van der Waals surface area contributed by atoms with Gasteiger partial charge in [0, 0.05) is 22.7 Å². The van der Waals surface area contributed by atoms with Gasteiger partial charge in [0.15, 0.2) is 0 Å². The molecule has 0 unspecified atom stereocenters. The summed E-state index contributed by atoms with van der Waals surface area (Å²) in [5.74, 6) is 0.0120. The molecule has 3 aromatic rings. The van der Waals surface area contributed by atoms with Crippen LogP contribution in [0.4, 0.5) is 0 Å². The fraction of sp³-hybridized carbons (Fsp3) is 0.250. The summed E-state index contributed by atoms with van der Waals surface area (Å²) >= 11 is 3.35. The van der Waals surface area contributed by atoms with E-state index in [1.807, 2.05) is 38.1 Å². The van der Waals surface area contributed by atoms with Gasteiger partial charge in [-0.05, 0) is 32.0 Å². The van der Waals surface area contributed by atoms with Gasteiger partial charge in [0.2, 0.25) is 0 Å². The lowest BCUT2D eigenvalue weighted by Gasteiger charge is -2.02. The molecule has 0 saturated heterocycles. The monoisotopic (exact) mass is 316 g/mol. The van der Waals surface area contributed by atoms with Crippen LogP contribution in [0.3, 0.4) is 0 Å². The Morgan fingerprint density at radius 2 is 2.05 bits per heavy atom. The quantitative estimate of drug-likeness (QED) is 0.792. The number of fused-ring (bicyclic) bond motifs is 1. The number of hydrogen-bond acceptors (Lipinski definition) is 4. The minimum Gasteiger partial charge on any atom is -0.352 e. The van der Waals surface area contributed by atoms with Crippen molar-refractivity contribution in [2.24, 2.45) is 0 Å². The highest BCUT2D eigenvalue weighted by Gasteiger charge is 2.11. The summed E-state index contributed by atoms with van der Waals surface area (Å²) in [6.07, 6.45) is 0.771. The van der Waals surface area contributed by atoms with Crippen LogP contribution in [0, 0.1) is 13.8 Å². The molecular weight excluding hydrogens is 300 g/mol. The highest BCUT2D eigenvalue weighted by Crippen LogP contribution is 2.22. The van der Waals surface area contributed by atoms with Crippen LogP contribution >= 0.6 is 22.7 Å². The Hall–Kier alpha value is -1.72. The molecule has 3 rings (SSSR count). The maximum absolute atomic E-state index is 12.1. The van der Waals surface area contributed by atoms with Crippen molar-refractivity contribution in [3.8, 4) is 0 Å². The Morgan fingerprint density at radius 1 is 1.24 bits per heavy atom. The van der Waals surface area contributed by atoms with E-state index in [1.54, 1.807) is 22.7 Å². The van der Waals surface area contributed by atoms with Crippen molar-refractivity contribution in [1.29, 1.82) is 0 Å². The van der Waals surface area contributed by atoms with Crippen LogP contribution in [0.5, 0.6) is 0 Å². The summed E-state index contributed by atoms with van der Waals surface area (Å²) in [5.41, 5.74) is 1.83. The molecule has 1 N–H and O–H groups in total. The summed E-state index contributed by atoms with van der Waals surface area (Å²) in [4.78, 5) is 18.9. The first-order valence-electron chi connectivity index (χ1n) is 6.83. The van der Waals surface area contributed by atoms with Crippen molar-refractivity contribution in [3.05, 3.63) is 50.7 Å². The van der Waals surface area contributed by atoms with Gasteiger partial charge >= 0.3 is 0 Å². The number of aryl methyl sites for hydroxylation is 2. The largest absolute Gasteiger partial charge is 0.352 e. The van der Waals surface area contributed by atoms with Gasteiger partial charge in [-0.25, -0.2) is 4.98 Å². The SMILES string of the molecule is Cc1cc(C(=O)NCCc2nc3ccccc3s2)c(C)s1. The van der Waals surface area contributed by atoms with Crippen molar-refractivity contribution in [2.45, 2.75) is 20.3 Å². The van der Waals surface area contributed by atoms with E-state index in [1.165, 1.54) is 9.58 Å². The topological polar surface area (TPSA) is 42.0 Å². The van der Waals surface area contributed by atoms with Gasteiger partial charge in [-0.15, -0.1) is 22.7 Å². The molecule has 0 aliphatic heterocycles. The molecule has 2 aromatic heterocycles. The highest BCUT2D eigenvalue weighted by atomic mass is 32.1. The first kappa shape index (κ1) is 14.2. The van der Waals surface area contributed by atoms with Gasteiger partial charge in [0.05, 0.1) is 20.8 Å². The summed E-state index contributed by atoms with van der Waals surface area (Å²) in [5, 5.41) is 4.04. The predicted molar refractivity (Wildman–Crippen MR) is 89.5 cm³/mol. The molecule has 0 atom stereocenters. The van der Waals surface area contributed by atoms with E-state index >= 15 is 0 Å². The number of carbonyl (C=O) groups is 1. The number of amides is 1. The molecule has 21 heavy (non-hydrogen) atoms. The van der Waals surface area contributed by atoms with Crippen molar-refractivity contribution >= 4 is 38.8 Å². The zero-order valence-corrected chi connectivity index (χ0v) is 13.6. The molecule has 108 valence electrons. The molecule has 1 aromatic carbocycles. The van der Waals surface area contributed by atoms with Crippen molar-refractivity contribution in [1.82, 2.24) is 10.3 Å². The fourth-order valence-electron chi connectivity index (χ4n) is 2.26. The smallest absolute Gasteiger partial charge is 0.252 e. The van der Waals surface area contributed by atoms with Crippen LogP contribution in [0.1, 0.15) is 25.1 Å². The maximum Gasteiger partial charge on any atom is 0.252 e. The second-order valence-electron chi connectivity index (χ2n) is 4.91. The third-order valence-corrected chi connectivity index (χ3v) is 5.31. The van der Waals surface area contributed by atoms with E-state index in [-0.39, 0.29) is 5.91 Å². The fourth-order valence-corrected chi connectivity index (χ4v) is 4.15. The molecule has 0 aliphatic carbocycles. The van der Waals surface area contributed by atoms with Crippen LogP contribution in [-0.4, -0.2) is 17.4 Å². The number of para-hydroxylation sites is 1. The molecule has 0 saturated carbocycles. The van der Waals surface area contributed by atoms with Crippen LogP contribution in [0.2, 0.25) is 0 Å². The van der Waals surface area contributed by atoms with Crippen molar-refractivity contribution < 1.29 is 4.79 Å². The number of benzene rings is 1. The Labute approximate surface area is 131 Å². The first-order chi connectivity index (χ1) is 10.1. The van der Waals surface area contributed by atoms with Crippen molar-refractivity contribution in [3.63, 3.8) is 0 Å². The minimum atomic E-state index is 0.0120. The Morgan fingerprint density at radius 3 is 2.76 bits per heavy atom. The number of carbonyl (C=O) groups excluding carboxylic acids is 1. The molecule has 0 spiro atoms. The van der Waals surface area contributed by atoms with Gasteiger partial charge in [0.1, 0.15) is 0 Å². The molecular formula is C16H16N2OS2. The zero-order chi connectivity index (χ0) is 14.8. The Balaban J connectivity index is 1.60. The number of thiazole rings is 1. The third-order valence-electron chi connectivity index (χ3n) is 3.25. The molecule has 0 fully saturated rings. The highest BCUT2D eigenvalue weighted by molar-refractivity contribution is 7.18. The number of thiophene rings is 1. The van der Waals surface area contributed by atoms with Gasteiger partial charge in [0.25, 0.3) is 5.91 Å². The lowest BCUT2D eigenvalue weighted by Crippen LogP contribution is -2.25. The summed E-state index contributed by atoms with van der Waals surface area (Å²) in [6.45, 7) is 4.63. The lowest BCUT2D eigenvalue weighted by atomic mass is 10.2. The van der Waals surface area contributed by atoms with E-state index in [4.69, 9.17) is 0 Å². The summed E-state index contributed by atoms with van der Waals surface area (Å²) < 4.78 is 1.20. The number of rotatable bonds is 4. The Kier molecular flexibility index (Phi) is 4.03. The predicted octanol–water partition coefficient (Wildman–Crippen LogP) is 3.95. The van der Waals surface area contributed by atoms with Crippen LogP contribution < -0.4 is 5.32 Å². The van der Waals surface area contributed by atoms with Gasteiger partial charge < -0.3 is 5.32 Å². The number of hydrogen-bond donors (Lipinski definition) is 1. The van der Waals surface area contributed by atoms with Gasteiger partial charge in [-0.1, -0.05) is 12.1 Å². The van der Waals surface area contributed by atoms with E-state index in [0.717, 1.165) is 27.4 Å².